The van der Waals surface area contributed by atoms with Gasteiger partial charge in [-0.15, -0.1) is 0 Å². The van der Waals surface area contributed by atoms with Crippen molar-refractivity contribution in [3.63, 3.8) is 0 Å². The third-order valence-corrected chi connectivity index (χ3v) is 2.11. The SMILES string of the molecule is C=Nn1ccnc1/C(=C\C)C(C)(C)C. The fourth-order valence-corrected chi connectivity index (χ4v) is 1.50. The van der Waals surface area contributed by atoms with Crippen LogP contribution in [-0.4, -0.2) is 16.4 Å². The standard InChI is InChI=1S/C11H17N3/c1-6-9(11(2,3)4)10-13-7-8-14(10)12-5/h6-8H,5H2,1-4H3/b9-6+. The molecule has 0 N–H and O–H groups in total. The molecule has 1 aromatic heterocycles. The van der Waals surface area contributed by atoms with Gasteiger partial charge in [-0.25, -0.2) is 9.66 Å². The Kier molecular flexibility index (Phi) is 2.89. The summed E-state index contributed by atoms with van der Waals surface area (Å²) in [6.45, 7) is 12.0. The van der Waals surface area contributed by atoms with E-state index in [1.54, 1.807) is 17.1 Å². The van der Waals surface area contributed by atoms with Crippen molar-refractivity contribution in [2.75, 3.05) is 0 Å². The smallest absolute Gasteiger partial charge is 0.156 e. The quantitative estimate of drug-likeness (QED) is 0.661. The molecule has 0 aliphatic rings. The molecule has 0 saturated carbocycles. The lowest BCUT2D eigenvalue weighted by Gasteiger charge is -2.21. The van der Waals surface area contributed by atoms with Gasteiger partial charge in [0.25, 0.3) is 0 Å². The average Bonchev–Trinajstić information content (AvgIpc) is 2.51. The van der Waals surface area contributed by atoms with E-state index in [2.05, 4.69) is 43.7 Å². The zero-order valence-electron chi connectivity index (χ0n) is 9.28. The van der Waals surface area contributed by atoms with E-state index in [1.807, 2.05) is 6.92 Å². The van der Waals surface area contributed by atoms with Crippen LogP contribution in [0.5, 0.6) is 0 Å². The molecule has 76 valence electrons. The van der Waals surface area contributed by atoms with Gasteiger partial charge in [-0.3, -0.25) is 0 Å². The summed E-state index contributed by atoms with van der Waals surface area (Å²) in [5.74, 6) is 0.870. The third-order valence-electron chi connectivity index (χ3n) is 2.11. The maximum absolute atomic E-state index is 4.29. The average molecular weight is 191 g/mol. The van der Waals surface area contributed by atoms with Crippen LogP contribution in [0.2, 0.25) is 0 Å². The molecule has 0 aliphatic heterocycles. The molecule has 0 fully saturated rings. The van der Waals surface area contributed by atoms with E-state index in [-0.39, 0.29) is 5.41 Å². The number of hydrogen-bond acceptors (Lipinski definition) is 2. The molecule has 3 heteroatoms. The lowest BCUT2D eigenvalue weighted by Crippen LogP contribution is -2.11. The van der Waals surface area contributed by atoms with E-state index in [1.165, 1.54) is 5.57 Å². The molecule has 0 radical (unpaired) electrons. The van der Waals surface area contributed by atoms with E-state index in [0.29, 0.717) is 0 Å². The first kappa shape index (κ1) is 10.7. The predicted molar refractivity (Wildman–Crippen MR) is 60.3 cm³/mol. The molecule has 0 atom stereocenters. The molecule has 0 unspecified atom stereocenters. The van der Waals surface area contributed by atoms with E-state index in [9.17, 15) is 0 Å². The van der Waals surface area contributed by atoms with Gasteiger partial charge >= 0.3 is 0 Å². The van der Waals surface area contributed by atoms with E-state index < -0.39 is 0 Å². The van der Waals surface area contributed by atoms with Crippen molar-refractivity contribution in [3.8, 4) is 0 Å². The Labute approximate surface area is 85.2 Å². The first-order valence-electron chi connectivity index (χ1n) is 4.68. The summed E-state index contributed by atoms with van der Waals surface area (Å²) in [5.41, 5.74) is 1.25. The van der Waals surface area contributed by atoms with Gasteiger partial charge in [0.1, 0.15) is 0 Å². The summed E-state index contributed by atoms with van der Waals surface area (Å²) in [6.07, 6.45) is 5.61. The number of rotatable bonds is 2. The summed E-state index contributed by atoms with van der Waals surface area (Å²) >= 11 is 0. The first-order chi connectivity index (χ1) is 6.50. The molecule has 3 nitrogen and oxygen atoms in total. The zero-order valence-corrected chi connectivity index (χ0v) is 9.28. The minimum Gasteiger partial charge on any atom is -0.235 e. The van der Waals surface area contributed by atoms with Gasteiger partial charge in [-0.1, -0.05) is 26.8 Å². The Hall–Kier alpha value is -1.38. The number of nitrogens with zero attached hydrogens (tertiary/aromatic N) is 3. The molecule has 1 rings (SSSR count). The number of allylic oxidation sites excluding steroid dienone is 2. The van der Waals surface area contributed by atoms with Crippen molar-refractivity contribution in [2.24, 2.45) is 10.5 Å². The summed E-state index contributed by atoms with van der Waals surface area (Å²) < 4.78 is 1.70. The fraction of sp³-hybridized carbons (Fsp3) is 0.455. The Morgan fingerprint density at radius 3 is 2.64 bits per heavy atom. The van der Waals surface area contributed by atoms with E-state index >= 15 is 0 Å². The molecule has 0 aromatic carbocycles. The number of hydrogen-bond donors (Lipinski definition) is 0. The Morgan fingerprint density at radius 2 is 2.21 bits per heavy atom. The molecular formula is C11H17N3. The highest BCUT2D eigenvalue weighted by atomic mass is 15.4. The van der Waals surface area contributed by atoms with Crippen LogP contribution in [0.4, 0.5) is 0 Å². The summed E-state index contributed by atoms with van der Waals surface area (Å²) in [6, 6.07) is 0. The minimum absolute atomic E-state index is 0.0720. The van der Waals surface area contributed by atoms with Gasteiger partial charge in [0.15, 0.2) is 5.82 Å². The molecule has 1 heterocycles. The topological polar surface area (TPSA) is 30.2 Å². The Bertz CT molecular complexity index is 353. The van der Waals surface area contributed by atoms with Gasteiger partial charge in [-0.2, -0.15) is 5.10 Å². The molecule has 0 spiro atoms. The Balaban J connectivity index is 3.21. The van der Waals surface area contributed by atoms with Crippen LogP contribution >= 0.6 is 0 Å². The number of aromatic nitrogens is 2. The van der Waals surface area contributed by atoms with Crippen LogP contribution < -0.4 is 0 Å². The zero-order chi connectivity index (χ0) is 10.8. The van der Waals surface area contributed by atoms with Gasteiger partial charge in [0, 0.05) is 19.1 Å². The van der Waals surface area contributed by atoms with Crippen molar-refractivity contribution in [2.45, 2.75) is 27.7 Å². The second-order valence-corrected chi connectivity index (χ2v) is 4.19. The molecule has 0 bridgehead atoms. The monoisotopic (exact) mass is 191 g/mol. The van der Waals surface area contributed by atoms with Gasteiger partial charge < -0.3 is 0 Å². The number of imidazole rings is 1. The molecule has 0 saturated heterocycles. The van der Waals surface area contributed by atoms with Crippen molar-refractivity contribution in [1.29, 1.82) is 0 Å². The van der Waals surface area contributed by atoms with Crippen molar-refractivity contribution in [1.82, 2.24) is 9.66 Å². The largest absolute Gasteiger partial charge is 0.235 e. The highest BCUT2D eigenvalue weighted by Crippen LogP contribution is 2.32. The van der Waals surface area contributed by atoms with Crippen LogP contribution in [0.15, 0.2) is 23.6 Å². The second-order valence-electron chi connectivity index (χ2n) is 4.19. The summed E-state index contributed by atoms with van der Waals surface area (Å²) in [7, 11) is 0. The lowest BCUT2D eigenvalue weighted by atomic mass is 9.86. The van der Waals surface area contributed by atoms with E-state index in [4.69, 9.17) is 0 Å². The highest BCUT2D eigenvalue weighted by Gasteiger charge is 2.21. The van der Waals surface area contributed by atoms with Gasteiger partial charge in [0.2, 0.25) is 0 Å². The van der Waals surface area contributed by atoms with Crippen LogP contribution in [0.25, 0.3) is 5.57 Å². The van der Waals surface area contributed by atoms with Crippen molar-refractivity contribution >= 4 is 12.3 Å². The van der Waals surface area contributed by atoms with Crippen LogP contribution in [0.1, 0.15) is 33.5 Å². The van der Waals surface area contributed by atoms with E-state index in [0.717, 1.165) is 5.82 Å². The highest BCUT2D eigenvalue weighted by molar-refractivity contribution is 5.64. The van der Waals surface area contributed by atoms with Gasteiger partial charge in [0.05, 0.1) is 0 Å². The van der Waals surface area contributed by atoms with Crippen LogP contribution in [-0.2, 0) is 0 Å². The second kappa shape index (κ2) is 3.78. The summed E-state index contributed by atoms with van der Waals surface area (Å²) in [4.78, 5) is 4.29. The molecule has 1 aromatic rings. The van der Waals surface area contributed by atoms with Crippen molar-refractivity contribution in [3.05, 3.63) is 24.3 Å². The maximum Gasteiger partial charge on any atom is 0.156 e. The first-order valence-corrected chi connectivity index (χ1v) is 4.68. The predicted octanol–water partition coefficient (Wildman–Crippen LogP) is 2.80. The lowest BCUT2D eigenvalue weighted by molar-refractivity contribution is 0.557. The molecule has 0 amide bonds. The van der Waals surface area contributed by atoms with Crippen LogP contribution in [0.3, 0.4) is 0 Å². The summed E-state index contributed by atoms with van der Waals surface area (Å²) in [5, 5.41) is 3.88. The normalized spacial score (nSPS) is 13.0. The molecule has 0 aliphatic carbocycles. The minimum atomic E-state index is 0.0720. The maximum atomic E-state index is 4.29. The Morgan fingerprint density at radius 1 is 1.57 bits per heavy atom. The van der Waals surface area contributed by atoms with Gasteiger partial charge in [-0.05, 0) is 17.9 Å². The third kappa shape index (κ3) is 1.92. The van der Waals surface area contributed by atoms with Crippen LogP contribution in [0, 0.1) is 5.41 Å². The molecule has 14 heavy (non-hydrogen) atoms. The molecular weight excluding hydrogens is 174 g/mol. The fourth-order valence-electron chi connectivity index (χ4n) is 1.50. The van der Waals surface area contributed by atoms with Crippen molar-refractivity contribution < 1.29 is 0 Å².